The third-order valence-corrected chi connectivity index (χ3v) is 4.16. The molecule has 0 bridgehead atoms. The van der Waals surface area contributed by atoms with E-state index in [2.05, 4.69) is 0 Å². The molecule has 0 spiro atoms. The summed E-state index contributed by atoms with van der Waals surface area (Å²) in [5, 5.41) is 9.04. The van der Waals surface area contributed by atoms with Gasteiger partial charge in [0.15, 0.2) is 0 Å². The minimum absolute atomic E-state index is 0.0728. The number of nitrogens with zero attached hydrogens (tertiary/aromatic N) is 2. The van der Waals surface area contributed by atoms with Gasteiger partial charge in [0.25, 0.3) is 0 Å². The Morgan fingerprint density at radius 3 is 2.53 bits per heavy atom. The first-order chi connectivity index (χ1) is 7.90. The van der Waals surface area contributed by atoms with Crippen molar-refractivity contribution in [2.75, 3.05) is 12.3 Å². The summed E-state index contributed by atoms with van der Waals surface area (Å²) in [5.41, 5.74) is 0. The average molecular weight is 260 g/mol. The van der Waals surface area contributed by atoms with E-state index in [1.807, 2.05) is 27.7 Å². The Bertz CT molecular complexity index is 309. The topological polar surface area (TPSA) is 60.9 Å². The highest BCUT2D eigenvalue weighted by atomic mass is 32.2. The monoisotopic (exact) mass is 260 g/mol. The number of hydrogen-bond acceptors (Lipinski definition) is 3. The molecule has 0 aliphatic carbocycles. The van der Waals surface area contributed by atoms with E-state index in [9.17, 15) is 9.59 Å². The van der Waals surface area contributed by atoms with Gasteiger partial charge in [-0.3, -0.25) is 4.90 Å². The second-order valence-corrected chi connectivity index (χ2v) is 5.71. The van der Waals surface area contributed by atoms with Crippen LogP contribution in [-0.2, 0) is 4.79 Å². The molecule has 2 amide bonds. The molecule has 0 aromatic carbocycles. The van der Waals surface area contributed by atoms with Crippen LogP contribution in [0.2, 0.25) is 0 Å². The normalized spacial score (nSPS) is 24.2. The number of amides is 2. The Morgan fingerprint density at radius 1 is 1.53 bits per heavy atom. The fourth-order valence-electron chi connectivity index (χ4n) is 1.99. The first-order valence-corrected chi connectivity index (χ1v) is 6.88. The first kappa shape index (κ1) is 14.2. The maximum absolute atomic E-state index is 12.3. The van der Waals surface area contributed by atoms with Crippen molar-refractivity contribution in [3.63, 3.8) is 0 Å². The van der Waals surface area contributed by atoms with Crippen LogP contribution in [0.1, 0.15) is 27.7 Å². The average Bonchev–Trinajstić information content (AvgIpc) is 2.60. The second kappa shape index (κ2) is 5.62. The van der Waals surface area contributed by atoms with Gasteiger partial charge < -0.3 is 10.0 Å². The summed E-state index contributed by atoms with van der Waals surface area (Å²) in [4.78, 5) is 26.6. The largest absolute Gasteiger partial charge is 0.480 e. The molecule has 17 heavy (non-hydrogen) atoms. The molecule has 0 aromatic rings. The molecule has 1 fully saturated rings. The van der Waals surface area contributed by atoms with Gasteiger partial charge in [0.05, 0.1) is 5.37 Å². The number of urea groups is 1. The van der Waals surface area contributed by atoms with Gasteiger partial charge in [-0.1, -0.05) is 0 Å². The number of hydrogen-bond donors (Lipinski definition) is 1. The summed E-state index contributed by atoms with van der Waals surface area (Å²) in [6.07, 6.45) is 0. The molecule has 1 aliphatic heterocycles. The number of carbonyl (C=O) groups is 2. The van der Waals surface area contributed by atoms with E-state index >= 15 is 0 Å². The van der Waals surface area contributed by atoms with Crippen LogP contribution in [-0.4, -0.2) is 56.7 Å². The molecule has 5 nitrogen and oxygen atoms in total. The van der Waals surface area contributed by atoms with Crippen molar-refractivity contribution in [2.24, 2.45) is 0 Å². The number of carboxylic acid groups (broad SMARTS) is 1. The van der Waals surface area contributed by atoms with Crippen molar-refractivity contribution in [3.8, 4) is 0 Å². The molecule has 1 heterocycles. The minimum atomic E-state index is -0.921. The van der Waals surface area contributed by atoms with E-state index in [-0.39, 0.29) is 17.4 Å². The Hall–Kier alpha value is -0.910. The third-order valence-electron chi connectivity index (χ3n) is 2.94. The molecule has 2 unspecified atom stereocenters. The summed E-state index contributed by atoms with van der Waals surface area (Å²) >= 11 is 1.51. The number of aliphatic carboxylic acids is 1. The van der Waals surface area contributed by atoms with Crippen LogP contribution >= 0.6 is 11.8 Å². The lowest BCUT2D eigenvalue weighted by molar-refractivity contribution is -0.141. The highest BCUT2D eigenvalue weighted by Gasteiger charge is 2.41. The molecular formula is C11H20N2O3S. The zero-order valence-corrected chi connectivity index (χ0v) is 11.5. The quantitative estimate of drug-likeness (QED) is 0.838. The van der Waals surface area contributed by atoms with Gasteiger partial charge in [0, 0.05) is 18.3 Å². The van der Waals surface area contributed by atoms with Crippen molar-refractivity contribution in [1.82, 2.24) is 9.80 Å². The fourth-order valence-corrected chi connectivity index (χ4v) is 3.15. The fraction of sp³-hybridized carbons (Fsp3) is 0.818. The zero-order chi connectivity index (χ0) is 13.2. The van der Waals surface area contributed by atoms with E-state index in [0.717, 1.165) is 0 Å². The van der Waals surface area contributed by atoms with Crippen molar-refractivity contribution >= 4 is 23.8 Å². The van der Waals surface area contributed by atoms with E-state index in [0.29, 0.717) is 12.3 Å². The Morgan fingerprint density at radius 2 is 2.12 bits per heavy atom. The van der Waals surface area contributed by atoms with Crippen LogP contribution in [0.3, 0.4) is 0 Å². The molecule has 0 saturated carbocycles. The maximum atomic E-state index is 12.3. The predicted molar refractivity (Wildman–Crippen MR) is 68.1 cm³/mol. The highest BCUT2D eigenvalue weighted by Crippen LogP contribution is 2.30. The Kier molecular flexibility index (Phi) is 4.68. The van der Waals surface area contributed by atoms with Crippen LogP contribution in [0.5, 0.6) is 0 Å². The van der Waals surface area contributed by atoms with E-state index in [1.165, 1.54) is 16.7 Å². The highest BCUT2D eigenvalue weighted by molar-refractivity contribution is 8.00. The minimum Gasteiger partial charge on any atom is -0.480 e. The van der Waals surface area contributed by atoms with E-state index in [4.69, 9.17) is 5.11 Å². The molecular weight excluding hydrogens is 240 g/mol. The smallest absolute Gasteiger partial charge is 0.327 e. The lowest BCUT2D eigenvalue weighted by atomic mass is 10.2. The summed E-state index contributed by atoms with van der Waals surface area (Å²) in [5.74, 6) is -0.451. The number of thioether (sulfide) groups is 1. The molecule has 0 radical (unpaired) electrons. The van der Waals surface area contributed by atoms with Gasteiger partial charge in [-0.25, -0.2) is 9.59 Å². The van der Waals surface area contributed by atoms with Crippen LogP contribution in [0.4, 0.5) is 4.79 Å². The van der Waals surface area contributed by atoms with Crippen molar-refractivity contribution < 1.29 is 14.7 Å². The van der Waals surface area contributed by atoms with Gasteiger partial charge in [-0.2, -0.15) is 0 Å². The molecule has 0 aromatic heterocycles. The summed E-state index contributed by atoms with van der Waals surface area (Å²) < 4.78 is 0. The zero-order valence-electron chi connectivity index (χ0n) is 10.7. The molecule has 1 rings (SSSR count). The summed E-state index contributed by atoms with van der Waals surface area (Å²) in [6.45, 7) is 8.24. The first-order valence-electron chi connectivity index (χ1n) is 5.83. The predicted octanol–water partition coefficient (Wildman–Crippen LogP) is 1.68. The molecule has 6 heteroatoms. The van der Waals surface area contributed by atoms with Crippen LogP contribution in [0.15, 0.2) is 0 Å². The molecule has 98 valence electrons. The Labute approximate surface area is 106 Å². The van der Waals surface area contributed by atoms with E-state index in [1.54, 1.807) is 4.90 Å². The van der Waals surface area contributed by atoms with Gasteiger partial charge >= 0.3 is 12.0 Å². The van der Waals surface area contributed by atoms with Crippen LogP contribution < -0.4 is 0 Å². The number of carboxylic acids is 1. The second-order valence-electron chi connectivity index (χ2n) is 4.36. The number of rotatable bonds is 3. The van der Waals surface area contributed by atoms with Crippen LogP contribution in [0.25, 0.3) is 0 Å². The third kappa shape index (κ3) is 2.86. The maximum Gasteiger partial charge on any atom is 0.327 e. The lowest BCUT2D eigenvalue weighted by Crippen LogP contribution is -2.52. The molecule has 1 N–H and O–H groups in total. The van der Waals surface area contributed by atoms with E-state index < -0.39 is 12.0 Å². The van der Waals surface area contributed by atoms with Crippen molar-refractivity contribution in [2.45, 2.75) is 45.2 Å². The van der Waals surface area contributed by atoms with Gasteiger partial charge in [-0.15, -0.1) is 11.8 Å². The lowest BCUT2D eigenvalue weighted by Gasteiger charge is -2.33. The van der Waals surface area contributed by atoms with Gasteiger partial charge in [0.2, 0.25) is 0 Å². The summed E-state index contributed by atoms with van der Waals surface area (Å²) in [7, 11) is 0. The summed E-state index contributed by atoms with van der Waals surface area (Å²) in [6, 6.07) is -0.789. The molecule has 1 saturated heterocycles. The SMILES string of the molecule is CCN(C(=O)N1C(C)SCC1C(=O)O)C(C)C. The van der Waals surface area contributed by atoms with Crippen LogP contribution in [0, 0.1) is 0 Å². The van der Waals surface area contributed by atoms with Crippen molar-refractivity contribution in [3.05, 3.63) is 0 Å². The standard InChI is InChI=1S/C11H20N2O3S/c1-5-12(7(2)3)11(16)13-8(4)17-6-9(13)10(14)15/h7-9H,5-6H2,1-4H3,(H,14,15). The van der Waals surface area contributed by atoms with Crippen molar-refractivity contribution in [1.29, 1.82) is 0 Å². The Balaban J connectivity index is 2.88. The number of carbonyl (C=O) groups excluding carboxylic acids is 1. The van der Waals surface area contributed by atoms with Gasteiger partial charge in [-0.05, 0) is 27.7 Å². The molecule has 2 atom stereocenters. The molecule has 1 aliphatic rings. The van der Waals surface area contributed by atoms with Gasteiger partial charge in [0.1, 0.15) is 6.04 Å².